The Kier molecular flexibility index (Phi) is 5.11. The molecule has 2 fully saturated rings. The average Bonchev–Trinajstić information content (AvgIpc) is 3.19. The molecule has 6 heteroatoms. The molecule has 3 heterocycles. The fourth-order valence-electron chi connectivity index (χ4n) is 2.85. The molecule has 5 nitrogen and oxygen atoms in total. The lowest BCUT2D eigenvalue weighted by atomic mass is 10.2. The van der Waals surface area contributed by atoms with E-state index in [1.54, 1.807) is 6.26 Å². The van der Waals surface area contributed by atoms with Crippen LogP contribution in [0.25, 0.3) is 0 Å². The van der Waals surface area contributed by atoms with Crippen molar-refractivity contribution in [3.05, 3.63) is 24.2 Å². The van der Waals surface area contributed by atoms with Gasteiger partial charge in [0.25, 0.3) is 0 Å². The van der Waals surface area contributed by atoms with E-state index in [-0.39, 0.29) is 0 Å². The number of furan rings is 1. The van der Waals surface area contributed by atoms with Gasteiger partial charge in [-0.3, -0.25) is 4.90 Å². The highest BCUT2D eigenvalue weighted by atomic mass is 32.1. The lowest BCUT2D eigenvalue weighted by Crippen LogP contribution is -2.52. The molecule has 2 aliphatic rings. The van der Waals surface area contributed by atoms with E-state index in [9.17, 15) is 0 Å². The van der Waals surface area contributed by atoms with E-state index in [1.165, 1.54) is 6.42 Å². The molecule has 3 rings (SSSR count). The summed E-state index contributed by atoms with van der Waals surface area (Å²) >= 11 is 5.49. The molecule has 1 aromatic rings. The maximum Gasteiger partial charge on any atom is 0.169 e. The largest absolute Gasteiger partial charge is 0.468 e. The quantitative estimate of drug-likeness (QED) is 0.849. The first-order chi connectivity index (χ1) is 10.3. The summed E-state index contributed by atoms with van der Waals surface area (Å²) in [6.45, 7) is 6.59. The zero-order valence-corrected chi connectivity index (χ0v) is 13.1. The summed E-state index contributed by atoms with van der Waals surface area (Å²) in [6, 6.07) is 3.97. The Balaban J connectivity index is 1.37. The highest BCUT2D eigenvalue weighted by Gasteiger charge is 2.21. The van der Waals surface area contributed by atoms with Crippen molar-refractivity contribution >= 4 is 17.3 Å². The van der Waals surface area contributed by atoms with Crippen LogP contribution in [0.15, 0.2) is 22.8 Å². The maximum absolute atomic E-state index is 5.61. The SMILES string of the molecule is S=C(NCC1CCCO1)N1CCN(Cc2ccco2)CC1. The molecule has 116 valence electrons. The molecule has 1 unspecified atom stereocenters. The second kappa shape index (κ2) is 7.24. The van der Waals surface area contributed by atoms with Gasteiger partial charge >= 0.3 is 0 Å². The Morgan fingerprint density at radius 3 is 2.86 bits per heavy atom. The first-order valence-corrected chi connectivity index (χ1v) is 8.11. The lowest BCUT2D eigenvalue weighted by molar-refractivity contribution is 0.112. The van der Waals surface area contributed by atoms with E-state index in [2.05, 4.69) is 15.1 Å². The summed E-state index contributed by atoms with van der Waals surface area (Å²) in [5.41, 5.74) is 0. The zero-order valence-electron chi connectivity index (χ0n) is 12.3. The van der Waals surface area contributed by atoms with Crippen molar-refractivity contribution in [2.45, 2.75) is 25.5 Å². The maximum atomic E-state index is 5.61. The minimum Gasteiger partial charge on any atom is -0.468 e. The minimum absolute atomic E-state index is 0.336. The van der Waals surface area contributed by atoms with Gasteiger partial charge in [-0.1, -0.05) is 0 Å². The van der Waals surface area contributed by atoms with E-state index in [4.69, 9.17) is 21.4 Å². The molecule has 1 atom stereocenters. The first-order valence-electron chi connectivity index (χ1n) is 7.70. The minimum atomic E-state index is 0.336. The Hall–Kier alpha value is -1.11. The molecule has 1 N–H and O–H groups in total. The van der Waals surface area contributed by atoms with Gasteiger partial charge in [-0.15, -0.1) is 0 Å². The summed E-state index contributed by atoms with van der Waals surface area (Å²) in [7, 11) is 0. The second-order valence-electron chi connectivity index (χ2n) is 5.66. The second-order valence-corrected chi connectivity index (χ2v) is 6.05. The van der Waals surface area contributed by atoms with Gasteiger partial charge in [0.05, 0.1) is 18.9 Å². The van der Waals surface area contributed by atoms with Crippen LogP contribution in [0.2, 0.25) is 0 Å². The van der Waals surface area contributed by atoms with Gasteiger partial charge in [0.1, 0.15) is 5.76 Å². The summed E-state index contributed by atoms with van der Waals surface area (Å²) < 4.78 is 11.0. The van der Waals surface area contributed by atoms with Crippen LogP contribution >= 0.6 is 12.2 Å². The normalized spacial score (nSPS) is 23.4. The number of nitrogens with zero attached hydrogens (tertiary/aromatic N) is 2. The fraction of sp³-hybridized carbons (Fsp3) is 0.667. The van der Waals surface area contributed by atoms with E-state index >= 15 is 0 Å². The number of hydrogen-bond donors (Lipinski definition) is 1. The van der Waals surface area contributed by atoms with Gasteiger partial charge in [0.15, 0.2) is 5.11 Å². The molecule has 2 saturated heterocycles. The van der Waals surface area contributed by atoms with Gasteiger partial charge in [-0.2, -0.15) is 0 Å². The molecule has 0 spiro atoms. The number of piperazine rings is 1. The Labute approximate surface area is 131 Å². The summed E-state index contributed by atoms with van der Waals surface area (Å²) in [6.07, 6.45) is 4.38. The van der Waals surface area contributed by atoms with Crippen LogP contribution in [0.3, 0.4) is 0 Å². The third-order valence-corrected chi connectivity index (χ3v) is 4.53. The van der Waals surface area contributed by atoms with Crippen LogP contribution in [0.1, 0.15) is 18.6 Å². The van der Waals surface area contributed by atoms with Gasteiger partial charge < -0.3 is 19.4 Å². The van der Waals surface area contributed by atoms with E-state index in [1.807, 2.05) is 12.1 Å². The highest BCUT2D eigenvalue weighted by molar-refractivity contribution is 7.80. The van der Waals surface area contributed by atoms with Crippen molar-refractivity contribution in [1.29, 1.82) is 0 Å². The fourth-order valence-corrected chi connectivity index (χ4v) is 3.12. The Morgan fingerprint density at radius 2 is 2.19 bits per heavy atom. The number of hydrogen-bond acceptors (Lipinski definition) is 4. The van der Waals surface area contributed by atoms with Crippen LogP contribution in [0.4, 0.5) is 0 Å². The number of ether oxygens (including phenoxy) is 1. The van der Waals surface area contributed by atoms with Crippen molar-refractivity contribution in [3.8, 4) is 0 Å². The zero-order chi connectivity index (χ0) is 14.5. The van der Waals surface area contributed by atoms with Crippen molar-refractivity contribution < 1.29 is 9.15 Å². The van der Waals surface area contributed by atoms with Crippen molar-refractivity contribution in [2.24, 2.45) is 0 Å². The van der Waals surface area contributed by atoms with Crippen LogP contribution < -0.4 is 5.32 Å². The number of rotatable bonds is 4. The van der Waals surface area contributed by atoms with Crippen molar-refractivity contribution in [3.63, 3.8) is 0 Å². The standard InChI is InChI=1S/C15H23N3O2S/c21-15(16-11-13-3-1-9-19-13)18-7-5-17(6-8-18)12-14-4-2-10-20-14/h2,4,10,13H,1,3,5-9,11-12H2,(H,16,21). The van der Waals surface area contributed by atoms with Gasteiger partial charge in [0.2, 0.25) is 0 Å². The van der Waals surface area contributed by atoms with Crippen LogP contribution in [-0.4, -0.2) is 60.3 Å². The smallest absolute Gasteiger partial charge is 0.169 e. The molecule has 0 bridgehead atoms. The average molecular weight is 309 g/mol. The van der Waals surface area contributed by atoms with Crippen LogP contribution in [-0.2, 0) is 11.3 Å². The van der Waals surface area contributed by atoms with Crippen LogP contribution in [0.5, 0.6) is 0 Å². The predicted octanol–water partition coefficient (Wildman–Crippen LogP) is 1.45. The first kappa shape index (κ1) is 14.8. The van der Waals surface area contributed by atoms with E-state index < -0.39 is 0 Å². The van der Waals surface area contributed by atoms with Crippen molar-refractivity contribution in [1.82, 2.24) is 15.1 Å². The highest BCUT2D eigenvalue weighted by Crippen LogP contribution is 2.12. The molecule has 1 aromatic heterocycles. The van der Waals surface area contributed by atoms with Crippen LogP contribution in [0, 0.1) is 0 Å². The molecule has 0 aromatic carbocycles. The monoisotopic (exact) mass is 309 g/mol. The van der Waals surface area contributed by atoms with Gasteiger partial charge in [-0.25, -0.2) is 0 Å². The summed E-state index contributed by atoms with van der Waals surface area (Å²) in [5.74, 6) is 1.03. The summed E-state index contributed by atoms with van der Waals surface area (Å²) in [4.78, 5) is 4.65. The molecule has 21 heavy (non-hydrogen) atoms. The molecular formula is C15H23N3O2S. The topological polar surface area (TPSA) is 40.9 Å². The third-order valence-electron chi connectivity index (χ3n) is 4.12. The van der Waals surface area contributed by atoms with Gasteiger partial charge in [0, 0.05) is 39.3 Å². The third kappa shape index (κ3) is 4.18. The number of thiocarbonyl (C=S) groups is 1. The molecule has 2 aliphatic heterocycles. The molecule has 0 radical (unpaired) electrons. The van der Waals surface area contributed by atoms with Crippen molar-refractivity contribution in [2.75, 3.05) is 39.3 Å². The summed E-state index contributed by atoms with van der Waals surface area (Å²) in [5, 5.41) is 4.21. The Morgan fingerprint density at radius 1 is 1.33 bits per heavy atom. The molecule has 0 saturated carbocycles. The van der Waals surface area contributed by atoms with E-state index in [0.717, 1.165) is 63.2 Å². The molecule has 0 amide bonds. The molecule has 0 aliphatic carbocycles. The van der Waals surface area contributed by atoms with Gasteiger partial charge in [-0.05, 0) is 37.2 Å². The number of nitrogens with one attached hydrogen (secondary N) is 1. The lowest BCUT2D eigenvalue weighted by Gasteiger charge is -2.36. The predicted molar refractivity (Wildman–Crippen MR) is 85.1 cm³/mol. The van der Waals surface area contributed by atoms with E-state index in [0.29, 0.717) is 6.10 Å². The molecular weight excluding hydrogens is 286 g/mol. The Bertz CT molecular complexity index is 438.